The van der Waals surface area contributed by atoms with E-state index in [1.807, 2.05) is 6.92 Å². The fraction of sp³-hybridized carbons (Fsp3) is 0.0909. The minimum absolute atomic E-state index is 0.310. The Labute approximate surface area is 104 Å². The first-order valence-corrected chi connectivity index (χ1v) is 6.43. The minimum Gasteiger partial charge on any atom is -0.422 e. The SMILES string of the molecule is Cc1ccc(OC(=O)C2=NS(=O)(=O)C(N)=C2)cc1. The average molecular weight is 266 g/mol. The maximum absolute atomic E-state index is 11.6. The molecule has 0 bridgehead atoms. The van der Waals surface area contributed by atoms with E-state index in [1.54, 1.807) is 24.3 Å². The number of aryl methyl sites for hydroxylation is 1. The predicted molar refractivity (Wildman–Crippen MR) is 65.4 cm³/mol. The lowest BCUT2D eigenvalue weighted by atomic mass is 10.2. The van der Waals surface area contributed by atoms with Crippen molar-refractivity contribution in [2.45, 2.75) is 6.92 Å². The molecule has 0 aliphatic carbocycles. The molecular formula is C11H10N2O4S. The molecule has 1 heterocycles. The van der Waals surface area contributed by atoms with Gasteiger partial charge in [0.1, 0.15) is 5.75 Å². The second kappa shape index (κ2) is 4.26. The van der Waals surface area contributed by atoms with E-state index in [0.29, 0.717) is 5.75 Å². The Morgan fingerprint density at radius 1 is 1.28 bits per heavy atom. The first kappa shape index (κ1) is 12.3. The van der Waals surface area contributed by atoms with Crippen LogP contribution in [-0.2, 0) is 14.8 Å². The highest BCUT2D eigenvalue weighted by atomic mass is 32.2. The van der Waals surface area contributed by atoms with Gasteiger partial charge in [-0.25, -0.2) is 4.79 Å². The van der Waals surface area contributed by atoms with Crippen molar-refractivity contribution >= 4 is 21.7 Å². The van der Waals surface area contributed by atoms with E-state index >= 15 is 0 Å². The topological polar surface area (TPSA) is 98.8 Å². The standard InChI is InChI=1S/C11H10N2O4S/c1-7-2-4-8(5-3-7)17-11(14)9-6-10(12)18(15,16)13-9/h2-6H,12H2,1H3. The Bertz CT molecular complexity index is 657. The lowest BCUT2D eigenvalue weighted by Crippen LogP contribution is -2.17. The molecule has 7 heteroatoms. The molecule has 94 valence electrons. The largest absolute Gasteiger partial charge is 0.422 e. The van der Waals surface area contributed by atoms with Crippen LogP contribution in [0.3, 0.4) is 0 Å². The van der Waals surface area contributed by atoms with E-state index in [1.165, 1.54) is 0 Å². The van der Waals surface area contributed by atoms with Crippen LogP contribution in [0.5, 0.6) is 5.75 Å². The van der Waals surface area contributed by atoms with Crippen LogP contribution in [0.25, 0.3) is 0 Å². The fourth-order valence-electron chi connectivity index (χ4n) is 1.28. The number of nitrogens with two attached hydrogens (primary N) is 1. The summed E-state index contributed by atoms with van der Waals surface area (Å²) in [5.74, 6) is -0.549. The maximum Gasteiger partial charge on any atom is 0.363 e. The Balaban J connectivity index is 2.18. The Hall–Kier alpha value is -2.15. The van der Waals surface area contributed by atoms with Gasteiger partial charge in [0.15, 0.2) is 10.7 Å². The van der Waals surface area contributed by atoms with Crippen molar-refractivity contribution in [2.24, 2.45) is 10.1 Å². The number of sulfonamides is 1. The molecule has 2 N–H and O–H groups in total. The molecule has 0 radical (unpaired) electrons. The Kier molecular flexibility index (Phi) is 2.92. The van der Waals surface area contributed by atoms with Gasteiger partial charge in [-0.1, -0.05) is 17.7 Å². The van der Waals surface area contributed by atoms with E-state index in [0.717, 1.165) is 11.6 Å². The second-order valence-corrected chi connectivity index (χ2v) is 5.30. The van der Waals surface area contributed by atoms with Crippen LogP contribution in [0, 0.1) is 6.92 Å². The fourth-order valence-corrected chi connectivity index (χ4v) is 2.03. The first-order chi connectivity index (χ1) is 8.38. The summed E-state index contributed by atoms with van der Waals surface area (Å²) in [7, 11) is -3.89. The summed E-state index contributed by atoms with van der Waals surface area (Å²) >= 11 is 0. The third-order valence-electron chi connectivity index (χ3n) is 2.24. The van der Waals surface area contributed by atoms with Gasteiger partial charge in [0.2, 0.25) is 0 Å². The molecule has 1 aromatic carbocycles. The molecule has 0 amide bonds. The zero-order valence-corrected chi connectivity index (χ0v) is 10.3. The number of carbonyl (C=O) groups is 1. The zero-order chi connectivity index (χ0) is 13.3. The smallest absolute Gasteiger partial charge is 0.363 e. The second-order valence-electron chi connectivity index (χ2n) is 3.70. The Morgan fingerprint density at radius 3 is 2.39 bits per heavy atom. The number of hydrogen-bond acceptors (Lipinski definition) is 5. The summed E-state index contributed by atoms with van der Waals surface area (Å²) in [5, 5.41) is -0.460. The number of benzene rings is 1. The number of hydrogen-bond donors (Lipinski definition) is 1. The van der Waals surface area contributed by atoms with E-state index in [-0.39, 0.29) is 5.71 Å². The molecule has 18 heavy (non-hydrogen) atoms. The predicted octanol–water partition coefficient (Wildman–Crippen LogP) is 0.485. The van der Waals surface area contributed by atoms with Crippen LogP contribution in [0.2, 0.25) is 0 Å². The molecule has 0 spiro atoms. The molecule has 0 fully saturated rings. The van der Waals surface area contributed by atoms with Crippen molar-refractivity contribution in [1.29, 1.82) is 0 Å². The van der Waals surface area contributed by atoms with Gasteiger partial charge >= 0.3 is 5.97 Å². The third kappa shape index (κ3) is 2.40. The van der Waals surface area contributed by atoms with Gasteiger partial charge in [0.25, 0.3) is 10.0 Å². The molecule has 1 aliphatic heterocycles. The molecule has 0 atom stereocenters. The van der Waals surface area contributed by atoms with Crippen molar-refractivity contribution in [1.82, 2.24) is 0 Å². The molecule has 0 saturated heterocycles. The Morgan fingerprint density at radius 2 is 1.89 bits per heavy atom. The zero-order valence-electron chi connectivity index (χ0n) is 9.45. The van der Waals surface area contributed by atoms with Gasteiger partial charge in [-0.3, -0.25) is 0 Å². The van der Waals surface area contributed by atoms with E-state index in [9.17, 15) is 13.2 Å². The summed E-state index contributed by atoms with van der Waals surface area (Å²) in [6.07, 6.45) is 0.978. The van der Waals surface area contributed by atoms with Gasteiger partial charge in [-0.15, -0.1) is 0 Å². The van der Waals surface area contributed by atoms with Gasteiger partial charge in [-0.05, 0) is 19.1 Å². The number of rotatable bonds is 2. The first-order valence-electron chi connectivity index (χ1n) is 4.99. The molecule has 0 saturated carbocycles. The highest BCUT2D eigenvalue weighted by molar-refractivity contribution is 7.94. The summed E-state index contributed by atoms with van der Waals surface area (Å²) < 4.78 is 30.5. The number of ether oxygens (including phenoxy) is 1. The van der Waals surface area contributed by atoms with Crippen LogP contribution in [0.1, 0.15) is 5.56 Å². The lowest BCUT2D eigenvalue weighted by molar-refractivity contribution is -0.126. The molecule has 1 aliphatic rings. The monoisotopic (exact) mass is 266 g/mol. The van der Waals surface area contributed by atoms with Crippen molar-refractivity contribution < 1.29 is 17.9 Å². The molecule has 6 nitrogen and oxygen atoms in total. The van der Waals surface area contributed by atoms with E-state index in [4.69, 9.17) is 10.5 Å². The summed E-state index contributed by atoms with van der Waals surface area (Å²) in [6.45, 7) is 1.89. The minimum atomic E-state index is -3.89. The van der Waals surface area contributed by atoms with Crippen molar-refractivity contribution in [2.75, 3.05) is 0 Å². The van der Waals surface area contributed by atoms with Gasteiger partial charge in [-0.2, -0.15) is 12.8 Å². The molecule has 2 rings (SSSR count). The quantitative estimate of drug-likeness (QED) is 0.620. The van der Waals surface area contributed by atoms with Gasteiger partial charge < -0.3 is 10.5 Å². The molecule has 1 aromatic rings. The van der Waals surface area contributed by atoms with Crippen LogP contribution >= 0.6 is 0 Å². The van der Waals surface area contributed by atoms with Gasteiger partial charge in [0.05, 0.1) is 0 Å². The summed E-state index contributed by atoms with van der Waals surface area (Å²) in [6, 6.07) is 6.73. The van der Waals surface area contributed by atoms with Crippen molar-refractivity contribution in [3.8, 4) is 5.75 Å². The molecule has 0 unspecified atom stereocenters. The van der Waals surface area contributed by atoms with Crippen molar-refractivity contribution in [3.05, 3.63) is 40.9 Å². The van der Waals surface area contributed by atoms with Gasteiger partial charge in [0, 0.05) is 6.08 Å². The van der Waals surface area contributed by atoms with Crippen LogP contribution in [0.4, 0.5) is 0 Å². The summed E-state index contributed by atoms with van der Waals surface area (Å²) in [5.41, 5.74) is 5.89. The van der Waals surface area contributed by atoms with Crippen LogP contribution in [-0.4, -0.2) is 20.1 Å². The maximum atomic E-state index is 11.6. The number of carbonyl (C=O) groups excluding carboxylic acids is 1. The van der Waals surface area contributed by atoms with Crippen LogP contribution in [0.15, 0.2) is 39.8 Å². The van der Waals surface area contributed by atoms with E-state index in [2.05, 4.69) is 4.40 Å². The highest BCUT2D eigenvalue weighted by Crippen LogP contribution is 2.15. The lowest BCUT2D eigenvalue weighted by Gasteiger charge is -2.02. The highest BCUT2D eigenvalue weighted by Gasteiger charge is 2.27. The summed E-state index contributed by atoms with van der Waals surface area (Å²) in [4.78, 5) is 11.6. The van der Waals surface area contributed by atoms with Crippen LogP contribution < -0.4 is 10.5 Å². The normalized spacial score (nSPS) is 16.9. The van der Waals surface area contributed by atoms with Crippen molar-refractivity contribution in [3.63, 3.8) is 0 Å². The molecule has 0 aromatic heterocycles. The number of nitrogens with zero attached hydrogens (tertiary/aromatic N) is 1. The average Bonchev–Trinajstić information content (AvgIpc) is 2.57. The number of esters is 1. The third-order valence-corrected chi connectivity index (χ3v) is 3.39. The van der Waals surface area contributed by atoms with E-state index < -0.39 is 21.0 Å². The molecular weight excluding hydrogens is 256 g/mol.